The number of hydrogen-bond donors (Lipinski definition) is 1. The number of hydrogen-bond acceptors (Lipinski definition) is 8. The molecule has 4 atom stereocenters. The minimum absolute atomic E-state index is 0.222. The lowest BCUT2D eigenvalue weighted by atomic mass is 10.1. The van der Waals surface area contributed by atoms with Crippen LogP contribution in [-0.4, -0.2) is 63.0 Å². The molecule has 208 valence electrons. The molecule has 1 fully saturated rings. The number of aromatic nitrogens is 2. The van der Waals surface area contributed by atoms with E-state index in [1.165, 1.54) is 18.9 Å². The number of nitrogens with one attached hydrogen (secondary N) is 1. The van der Waals surface area contributed by atoms with Gasteiger partial charge in [-0.05, 0) is 50.7 Å². The first-order chi connectivity index (χ1) is 18.7. The Labute approximate surface area is 250 Å². The topological polar surface area (TPSA) is 82.6 Å². The van der Waals surface area contributed by atoms with E-state index >= 15 is 0 Å². The van der Waals surface area contributed by atoms with Crippen molar-refractivity contribution < 1.29 is 18.7 Å². The van der Waals surface area contributed by atoms with Crippen LogP contribution in [0, 0.1) is 9.49 Å². The molecule has 1 saturated carbocycles. The predicted octanol–water partition coefficient (Wildman–Crippen LogP) is 4.74. The van der Waals surface area contributed by atoms with E-state index in [0.29, 0.717) is 11.6 Å². The van der Waals surface area contributed by atoms with Gasteiger partial charge in [-0.25, -0.2) is 9.97 Å². The van der Waals surface area contributed by atoms with E-state index in [2.05, 4.69) is 107 Å². The number of benzene rings is 2. The summed E-state index contributed by atoms with van der Waals surface area (Å²) in [5.41, 5.74) is 0. The van der Waals surface area contributed by atoms with E-state index in [1.54, 1.807) is 13.3 Å². The van der Waals surface area contributed by atoms with Gasteiger partial charge in [-0.2, -0.15) is 0 Å². The van der Waals surface area contributed by atoms with Crippen LogP contribution in [0.4, 0.5) is 5.82 Å². The number of carbonyl (C=O) groups excluding carboxylic acids is 1. The molecule has 3 aromatic rings. The Morgan fingerprint density at radius 2 is 1.62 bits per heavy atom. The number of thioether (sulfide) groups is 1. The molecule has 1 aromatic heterocycles. The Kier molecular flexibility index (Phi) is 9.74. The van der Waals surface area contributed by atoms with E-state index < -0.39 is 26.4 Å². The largest absolute Gasteiger partial charge is 0.469 e. The summed E-state index contributed by atoms with van der Waals surface area (Å²) >= 11 is 3.71. The van der Waals surface area contributed by atoms with Gasteiger partial charge in [0.05, 0.1) is 28.7 Å². The molecule has 1 N–H and O–H groups in total. The van der Waals surface area contributed by atoms with Gasteiger partial charge in [0.2, 0.25) is 0 Å². The average molecular weight is 678 g/mol. The van der Waals surface area contributed by atoms with Crippen LogP contribution >= 0.6 is 34.4 Å². The minimum Gasteiger partial charge on any atom is -0.469 e. The van der Waals surface area contributed by atoms with Gasteiger partial charge in [-0.15, -0.1) is 0 Å². The van der Waals surface area contributed by atoms with Crippen LogP contribution in [0.25, 0.3) is 0 Å². The third kappa shape index (κ3) is 6.04. The molecule has 1 aliphatic rings. The monoisotopic (exact) mass is 677 g/mol. The lowest BCUT2D eigenvalue weighted by Crippen LogP contribution is -2.69. The summed E-state index contributed by atoms with van der Waals surface area (Å²) in [4.78, 5) is 22.3. The number of methoxy groups -OCH3 is 2. The molecule has 0 unspecified atom stereocenters. The zero-order chi connectivity index (χ0) is 28.2. The molecule has 0 radical (unpaired) electrons. The normalized spacial score (nSPS) is 21.5. The van der Waals surface area contributed by atoms with Crippen LogP contribution < -0.4 is 15.7 Å². The SMILES string of the molecule is COC(=O)[C@H]1C[C@@H](Nc2nc(SC)ncc2I)[C@H](OC)[C@@H]1O[Si](c1ccccc1)(c1ccccc1)C(C)(C)C. The number of ether oxygens (including phenoxy) is 2. The number of halogens is 1. The second kappa shape index (κ2) is 12.7. The van der Waals surface area contributed by atoms with E-state index in [9.17, 15) is 4.79 Å². The van der Waals surface area contributed by atoms with E-state index in [4.69, 9.17) is 13.9 Å². The fraction of sp³-hybridized carbons (Fsp3) is 0.414. The summed E-state index contributed by atoms with van der Waals surface area (Å²) < 4.78 is 19.8. The Hall–Kier alpha value is -1.99. The van der Waals surface area contributed by atoms with Crippen LogP contribution in [0.5, 0.6) is 0 Å². The summed E-state index contributed by atoms with van der Waals surface area (Å²) in [6.45, 7) is 6.68. The number of rotatable bonds is 9. The maximum absolute atomic E-state index is 13.3. The molecule has 0 aliphatic heterocycles. The third-order valence-electron chi connectivity index (χ3n) is 7.36. The highest BCUT2D eigenvalue weighted by molar-refractivity contribution is 14.1. The first-order valence-electron chi connectivity index (χ1n) is 12.9. The van der Waals surface area contributed by atoms with Gasteiger partial charge >= 0.3 is 5.97 Å². The highest BCUT2D eigenvalue weighted by Crippen LogP contribution is 2.42. The molecule has 1 aliphatic carbocycles. The molecule has 39 heavy (non-hydrogen) atoms. The van der Waals surface area contributed by atoms with Crippen molar-refractivity contribution in [3.8, 4) is 0 Å². The van der Waals surface area contributed by atoms with Crippen LogP contribution in [0.3, 0.4) is 0 Å². The predicted molar refractivity (Wildman–Crippen MR) is 167 cm³/mol. The van der Waals surface area contributed by atoms with E-state index in [1.807, 2.05) is 18.4 Å². The van der Waals surface area contributed by atoms with Crippen molar-refractivity contribution in [3.63, 3.8) is 0 Å². The maximum Gasteiger partial charge on any atom is 0.311 e. The quantitative estimate of drug-likeness (QED) is 0.115. The molecule has 2 aromatic carbocycles. The van der Waals surface area contributed by atoms with Crippen molar-refractivity contribution in [1.82, 2.24) is 9.97 Å². The van der Waals surface area contributed by atoms with Gasteiger partial charge in [-0.1, -0.05) is 93.2 Å². The third-order valence-corrected chi connectivity index (χ3v) is 13.7. The fourth-order valence-electron chi connectivity index (χ4n) is 5.59. The summed E-state index contributed by atoms with van der Waals surface area (Å²) in [7, 11) is 0.147. The van der Waals surface area contributed by atoms with Gasteiger partial charge in [-0.3, -0.25) is 4.79 Å². The summed E-state index contributed by atoms with van der Waals surface area (Å²) in [6, 6.07) is 20.6. The number of esters is 1. The number of carbonyl (C=O) groups is 1. The number of nitrogens with zero attached hydrogens (tertiary/aromatic N) is 2. The van der Waals surface area contributed by atoms with Crippen LogP contribution in [0.2, 0.25) is 5.04 Å². The van der Waals surface area contributed by atoms with Gasteiger partial charge in [0.25, 0.3) is 8.32 Å². The van der Waals surface area contributed by atoms with Crippen molar-refractivity contribution in [2.24, 2.45) is 5.92 Å². The molecular formula is C29H36IN3O4SSi. The van der Waals surface area contributed by atoms with Crippen molar-refractivity contribution in [1.29, 1.82) is 0 Å². The Morgan fingerprint density at radius 1 is 1.03 bits per heavy atom. The van der Waals surface area contributed by atoms with Gasteiger partial charge < -0.3 is 19.2 Å². The molecule has 0 amide bonds. The van der Waals surface area contributed by atoms with Gasteiger partial charge in [0, 0.05) is 13.3 Å². The molecule has 4 rings (SSSR count). The van der Waals surface area contributed by atoms with Crippen molar-refractivity contribution in [3.05, 3.63) is 70.4 Å². The van der Waals surface area contributed by atoms with E-state index in [0.717, 1.165) is 19.8 Å². The summed E-state index contributed by atoms with van der Waals surface area (Å²) in [5, 5.41) is 6.27. The molecule has 0 bridgehead atoms. The zero-order valence-electron chi connectivity index (χ0n) is 23.2. The highest BCUT2D eigenvalue weighted by atomic mass is 127. The lowest BCUT2D eigenvalue weighted by Gasteiger charge is -2.46. The molecule has 10 heteroatoms. The zero-order valence-corrected chi connectivity index (χ0v) is 27.2. The van der Waals surface area contributed by atoms with Crippen molar-refractivity contribution >= 4 is 64.8 Å². The summed E-state index contributed by atoms with van der Waals surface area (Å²) in [5.74, 6) is -0.0956. The first kappa shape index (κ1) is 30.0. The van der Waals surface area contributed by atoms with Crippen LogP contribution in [0.1, 0.15) is 27.2 Å². The molecule has 1 heterocycles. The molecule has 7 nitrogen and oxygen atoms in total. The van der Waals surface area contributed by atoms with Gasteiger partial charge in [0.1, 0.15) is 11.9 Å². The van der Waals surface area contributed by atoms with E-state index in [-0.39, 0.29) is 17.0 Å². The second-order valence-electron chi connectivity index (χ2n) is 10.6. The summed E-state index contributed by atoms with van der Waals surface area (Å²) in [6.07, 6.45) is 3.28. The minimum atomic E-state index is -2.97. The first-order valence-corrected chi connectivity index (χ1v) is 17.1. The molecule has 0 spiro atoms. The smallest absolute Gasteiger partial charge is 0.311 e. The second-order valence-corrected chi connectivity index (χ2v) is 16.8. The standard InChI is InChI=1S/C29H36IN3O4SSi/c1-29(2,3)39(19-13-9-7-10-14-19,20-15-11-8-12-16-20)37-24-21(27(34)36-5)17-23(25(24)35-4)32-26-22(30)18-31-28(33-26)38-6/h7-16,18,21,23-25H,17H2,1-6H3,(H,31,32,33)/t21-,23+,24+,25-/m0/s1. The number of anilines is 1. The Balaban J connectivity index is 1.83. The highest BCUT2D eigenvalue weighted by Gasteiger charge is 2.57. The molecule has 0 saturated heterocycles. The Morgan fingerprint density at radius 3 is 2.10 bits per heavy atom. The average Bonchev–Trinajstić information content (AvgIpc) is 3.29. The Bertz CT molecular complexity index is 1220. The lowest BCUT2D eigenvalue weighted by molar-refractivity contribution is -0.149. The fourth-order valence-corrected chi connectivity index (χ4v) is 11.1. The van der Waals surface area contributed by atoms with Gasteiger partial charge in [0.15, 0.2) is 5.16 Å². The maximum atomic E-state index is 13.3. The van der Waals surface area contributed by atoms with Crippen LogP contribution in [0.15, 0.2) is 72.0 Å². The van der Waals surface area contributed by atoms with Crippen molar-refractivity contribution in [2.45, 2.75) is 55.6 Å². The van der Waals surface area contributed by atoms with Crippen molar-refractivity contribution in [2.75, 3.05) is 25.8 Å². The van der Waals surface area contributed by atoms with Crippen LogP contribution in [-0.2, 0) is 18.7 Å². The molecular weight excluding hydrogens is 641 g/mol.